The number of amides is 2. The fraction of sp³-hybridized carbons (Fsp3) is 0.435. The minimum absolute atomic E-state index is 0.221. The second kappa shape index (κ2) is 11.2. The number of carbonyl (C=O) groups excluding carboxylic acids is 2. The van der Waals surface area contributed by atoms with Crippen molar-refractivity contribution in [2.75, 3.05) is 29.9 Å². The van der Waals surface area contributed by atoms with Gasteiger partial charge in [0, 0.05) is 31.0 Å². The van der Waals surface area contributed by atoms with E-state index in [2.05, 4.69) is 47.4 Å². The Hall–Kier alpha value is -2.89. The molecule has 0 radical (unpaired) electrons. The molecule has 6 heteroatoms. The van der Waals surface area contributed by atoms with Crippen molar-refractivity contribution in [1.29, 1.82) is 0 Å². The first-order valence-corrected chi connectivity index (χ1v) is 10.4. The Morgan fingerprint density at radius 1 is 0.966 bits per heavy atom. The molecule has 2 amide bonds. The van der Waals surface area contributed by atoms with Crippen LogP contribution in [0.4, 0.5) is 11.4 Å². The molecule has 0 aliphatic rings. The van der Waals surface area contributed by atoms with Crippen LogP contribution in [0.1, 0.15) is 66.6 Å². The van der Waals surface area contributed by atoms with Crippen LogP contribution in [0.2, 0.25) is 0 Å². The third kappa shape index (κ3) is 6.31. The Bertz CT molecular complexity index is 831. The van der Waals surface area contributed by atoms with Crippen molar-refractivity contribution in [1.82, 2.24) is 10.3 Å². The van der Waals surface area contributed by atoms with Gasteiger partial charge in [-0.15, -0.1) is 0 Å². The van der Waals surface area contributed by atoms with Gasteiger partial charge >= 0.3 is 0 Å². The maximum Gasteiger partial charge on any atom is 0.274 e. The van der Waals surface area contributed by atoms with E-state index in [0.717, 1.165) is 49.3 Å². The molecule has 0 bridgehead atoms. The van der Waals surface area contributed by atoms with Gasteiger partial charge < -0.3 is 15.5 Å². The molecule has 2 rings (SSSR count). The number of carbonyl (C=O) groups is 2. The number of nitrogens with zero attached hydrogens (tertiary/aromatic N) is 2. The number of aryl methyl sites for hydroxylation is 1. The molecule has 156 valence electrons. The van der Waals surface area contributed by atoms with Crippen molar-refractivity contribution in [3.05, 3.63) is 53.3 Å². The van der Waals surface area contributed by atoms with Gasteiger partial charge in [0.2, 0.25) is 0 Å². The Morgan fingerprint density at radius 3 is 2.28 bits per heavy atom. The van der Waals surface area contributed by atoms with Crippen LogP contribution in [-0.2, 0) is 0 Å². The monoisotopic (exact) mass is 396 g/mol. The van der Waals surface area contributed by atoms with Gasteiger partial charge in [0.15, 0.2) is 0 Å². The molecule has 1 heterocycles. The number of benzene rings is 1. The lowest BCUT2D eigenvalue weighted by molar-refractivity contribution is 0.0947. The topological polar surface area (TPSA) is 74.3 Å². The third-order valence-electron chi connectivity index (χ3n) is 4.87. The lowest BCUT2D eigenvalue weighted by atomic mass is 10.1. The number of nitrogens with one attached hydrogen (secondary N) is 2. The summed E-state index contributed by atoms with van der Waals surface area (Å²) in [6, 6.07) is 10.9. The molecule has 0 spiro atoms. The van der Waals surface area contributed by atoms with Crippen molar-refractivity contribution in [2.24, 2.45) is 0 Å². The van der Waals surface area contributed by atoms with E-state index < -0.39 is 0 Å². The average Bonchev–Trinajstić information content (AvgIpc) is 2.74. The van der Waals surface area contributed by atoms with Crippen LogP contribution in [0, 0.1) is 6.92 Å². The van der Waals surface area contributed by atoms with Crippen molar-refractivity contribution in [2.45, 2.75) is 47.0 Å². The quantitative estimate of drug-likeness (QED) is 0.584. The number of pyridine rings is 1. The molecule has 0 fully saturated rings. The first kappa shape index (κ1) is 22.4. The molecule has 2 N–H and O–H groups in total. The van der Waals surface area contributed by atoms with E-state index in [1.807, 2.05) is 19.1 Å². The Morgan fingerprint density at radius 2 is 1.66 bits per heavy atom. The highest BCUT2D eigenvalue weighted by Gasteiger charge is 2.14. The van der Waals surface area contributed by atoms with E-state index in [1.165, 1.54) is 0 Å². The summed E-state index contributed by atoms with van der Waals surface area (Å²) in [6.07, 6.45) is 3.10. The number of hydrogen-bond donors (Lipinski definition) is 2. The highest BCUT2D eigenvalue weighted by atomic mass is 16.2. The maximum absolute atomic E-state index is 12.7. The zero-order chi connectivity index (χ0) is 21.2. The Kier molecular flexibility index (Phi) is 8.65. The standard InChI is InChI=1S/C23H32N4O2/c1-5-8-9-15-24-22(28)20-11-10-12-21(25-20)23(29)26-19-14-13-18(16-17(19)4)27(6-2)7-3/h10-14,16H,5-9,15H2,1-4H3,(H,24,28)(H,26,29). The molecular formula is C23H32N4O2. The minimum atomic E-state index is -0.329. The summed E-state index contributed by atoms with van der Waals surface area (Å²) in [7, 11) is 0. The van der Waals surface area contributed by atoms with Crippen molar-refractivity contribution < 1.29 is 9.59 Å². The first-order valence-electron chi connectivity index (χ1n) is 10.4. The second-order valence-corrected chi connectivity index (χ2v) is 7.00. The van der Waals surface area contributed by atoms with Crippen LogP contribution in [-0.4, -0.2) is 36.4 Å². The summed E-state index contributed by atoms with van der Waals surface area (Å²) in [4.78, 5) is 31.4. The normalized spacial score (nSPS) is 10.5. The van der Waals surface area contributed by atoms with Gasteiger partial charge in [-0.3, -0.25) is 9.59 Å². The van der Waals surface area contributed by atoms with Crippen LogP contribution in [0.3, 0.4) is 0 Å². The Labute approximate surface area is 173 Å². The molecule has 6 nitrogen and oxygen atoms in total. The molecule has 0 saturated carbocycles. The van der Waals surface area contributed by atoms with Gasteiger partial charge in [-0.1, -0.05) is 25.8 Å². The molecule has 0 aliphatic carbocycles. The summed E-state index contributed by atoms with van der Waals surface area (Å²) in [5, 5.41) is 5.75. The van der Waals surface area contributed by atoms with Crippen LogP contribution in [0.5, 0.6) is 0 Å². The number of aromatic nitrogens is 1. The average molecular weight is 397 g/mol. The van der Waals surface area contributed by atoms with E-state index >= 15 is 0 Å². The molecular weight excluding hydrogens is 364 g/mol. The number of hydrogen-bond acceptors (Lipinski definition) is 4. The molecule has 2 aromatic rings. The van der Waals surface area contributed by atoms with Crippen molar-refractivity contribution in [3.8, 4) is 0 Å². The van der Waals surface area contributed by atoms with Gasteiger partial charge in [-0.2, -0.15) is 0 Å². The van der Waals surface area contributed by atoms with Gasteiger partial charge in [0.05, 0.1) is 0 Å². The summed E-state index contributed by atoms with van der Waals surface area (Å²) in [5.41, 5.74) is 3.32. The zero-order valence-electron chi connectivity index (χ0n) is 17.9. The lowest BCUT2D eigenvalue weighted by Gasteiger charge is -2.22. The smallest absolute Gasteiger partial charge is 0.274 e. The molecule has 0 atom stereocenters. The third-order valence-corrected chi connectivity index (χ3v) is 4.87. The molecule has 0 unspecified atom stereocenters. The van der Waals surface area contributed by atoms with Crippen molar-refractivity contribution >= 4 is 23.2 Å². The predicted octanol–water partition coefficient (Wildman–Crippen LogP) is 4.41. The molecule has 0 aliphatic heterocycles. The SMILES string of the molecule is CCCCCNC(=O)c1cccc(C(=O)Nc2ccc(N(CC)CC)cc2C)n1. The van der Waals surface area contributed by atoms with Crippen LogP contribution in [0.25, 0.3) is 0 Å². The van der Waals surface area contributed by atoms with Crippen molar-refractivity contribution in [3.63, 3.8) is 0 Å². The lowest BCUT2D eigenvalue weighted by Crippen LogP contribution is -2.26. The van der Waals surface area contributed by atoms with Gasteiger partial charge in [0.25, 0.3) is 11.8 Å². The zero-order valence-corrected chi connectivity index (χ0v) is 17.9. The van der Waals surface area contributed by atoms with Crippen LogP contribution in [0.15, 0.2) is 36.4 Å². The maximum atomic E-state index is 12.7. The summed E-state index contributed by atoms with van der Waals surface area (Å²) >= 11 is 0. The fourth-order valence-electron chi connectivity index (χ4n) is 3.12. The van der Waals surface area contributed by atoms with Gasteiger partial charge in [-0.05, 0) is 63.1 Å². The van der Waals surface area contributed by atoms with E-state index in [-0.39, 0.29) is 23.2 Å². The Balaban J connectivity index is 2.06. The van der Waals surface area contributed by atoms with E-state index in [4.69, 9.17) is 0 Å². The fourth-order valence-corrected chi connectivity index (χ4v) is 3.12. The predicted molar refractivity (Wildman–Crippen MR) is 119 cm³/mol. The summed E-state index contributed by atoms with van der Waals surface area (Å²) in [5.74, 6) is -0.583. The molecule has 29 heavy (non-hydrogen) atoms. The van der Waals surface area contributed by atoms with E-state index in [0.29, 0.717) is 6.54 Å². The van der Waals surface area contributed by atoms with E-state index in [1.54, 1.807) is 18.2 Å². The highest BCUT2D eigenvalue weighted by molar-refractivity contribution is 6.04. The first-order chi connectivity index (χ1) is 14.0. The highest BCUT2D eigenvalue weighted by Crippen LogP contribution is 2.23. The summed E-state index contributed by atoms with van der Waals surface area (Å²) < 4.78 is 0. The van der Waals surface area contributed by atoms with Crippen LogP contribution < -0.4 is 15.5 Å². The second-order valence-electron chi connectivity index (χ2n) is 7.00. The van der Waals surface area contributed by atoms with E-state index in [9.17, 15) is 9.59 Å². The van der Waals surface area contributed by atoms with Gasteiger partial charge in [0.1, 0.15) is 11.4 Å². The number of unbranched alkanes of at least 4 members (excludes halogenated alkanes) is 2. The van der Waals surface area contributed by atoms with Gasteiger partial charge in [-0.25, -0.2) is 4.98 Å². The number of rotatable bonds is 10. The number of anilines is 2. The summed E-state index contributed by atoms with van der Waals surface area (Å²) in [6.45, 7) is 10.8. The molecule has 1 aromatic heterocycles. The minimum Gasteiger partial charge on any atom is -0.372 e. The molecule has 1 aromatic carbocycles. The molecule has 0 saturated heterocycles. The largest absolute Gasteiger partial charge is 0.372 e. The van der Waals surface area contributed by atoms with Crippen LogP contribution >= 0.6 is 0 Å².